The summed E-state index contributed by atoms with van der Waals surface area (Å²) in [5, 5.41) is 0.298. The van der Waals surface area contributed by atoms with Gasteiger partial charge in [0.15, 0.2) is 0 Å². The molecule has 0 aliphatic carbocycles. The Labute approximate surface area is 76.9 Å². The second-order valence-electron chi connectivity index (χ2n) is 2.40. The van der Waals surface area contributed by atoms with Crippen molar-refractivity contribution >= 4 is 26.6 Å². The molecule has 0 bridgehead atoms. The Morgan fingerprint density at radius 3 is 2.67 bits per heavy atom. The zero-order chi connectivity index (χ0) is 9.19. The number of allylic oxidation sites excluding steroid dienone is 1. The van der Waals surface area contributed by atoms with Crippen molar-refractivity contribution in [1.29, 1.82) is 0 Å². The van der Waals surface area contributed by atoms with Gasteiger partial charge in [-0.05, 0) is 12.7 Å². The fraction of sp³-hybridized carbons (Fsp3) is 0.571. The maximum absolute atomic E-state index is 11.4. The third-order valence-corrected chi connectivity index (χ3v) is 4.45. The van der Waals surface area contributed by atoms with Crippen LogP contribution in [0.15, 0.2) is 16.1 Å². The van der Waals surface area contributed by atoms with Gasteiger partial charge in [-0.15, -0.1) is 0 Å². The molecule has 1 aliphatic heterocycles. The summed E-state index contributed by atoms with van der Waals surface area (Å²) in [6, 6.07) is 0. The molecule has 12 heavy (non-hydrogen) atoms. The predicted molar refractivity (Wildman–Crippen MR) is 53.1 cm³/mol. The molecule has 0 fully saturated rings. The normalized spacial score (nSPS) is 20.5. The van der Waals surface area contributed by atoms with E-state index in [0.29, 0.717) is 15.7 Å². The highest BCUT2D eigenvalue weighted by Crippen LogP contribution is 2.18. The maximum Gasteiger partial charge on any atom is 0.218 e. The summed E-state index contributed by atoms with van der Waals surface area (Å²) >= 11 is 1.57. The topological polar surface area (TPSA) is 46.5 Å². The van der Waals surface area contributed by atoms with E-state index in [4.69, 9.17) is 0 Å². The molecule has 0 aromatic carbocycles. The van der Waals surface area contributed by atoms with E-state index >= 15 is 0 Å². The van der Waals surface area contributed by atoms with Crippen molar-refractivity contribution < 1.29 is 8.42 Å². The van der Waals surface area contributed by atoms with Crippen molar-refractivity contribution in [3.8, 4) is 0 Å². The molecule has 0 unspecified atom stereocenters. The van der Waals surface area contributed by atoms with E-state index in [0.717, 1.165) is 5.75 Å². The molecule has 0 atom stereocenters. The van der Waals surface area contributed by atoms with Crippen LogP contribution >= 0.6 is 11.8 Å². The summed E-state index contributed by atoms with van der Waals surface area (Å²) in [4.78, 5) is 4.21. The molecule has 0 spiro atoms. The minimum atomic E-state index is -3.15. The minimum absolute atomic E-state index is 0.298. The largest absolute Gasteiger partial charge is 0.247 e. The van der Waals surface area contributed by atoms with Crippen molar-refractivity contribution in [2.24, 2.45) is 4.99 Å². The molecule has 0 saturated carbocycles. The van der Waals surface area contributed by atoms with Gasteiger partial charge in [0.2, 0.25) is 9.84 Å². The Morgan fingerprint density at radius 1 is 1.58 bits per heavy atom. The Bertz CT molecular complexity index is 327. The first-order valence-electron chi connectivity index (χ1n) is 3.65. The summed E-state index contributed by atoms with van der Waals surface area (Å²) in [6.45, 7) is 3.57. The van der Waals surface area contributed by atoms with Crippen molar-refractivity contribution in [1.82, 2.24) is 0 Å². The van der Waals surface area contributed by atoms with Gasteiger partial charge in [-0.1, -0.05) is 6.92 Å². The second-order valence-corrected chi connectivity index (χ2v) is 5.80. The van der Waals surface area contributed by atoms with Crippen LogP contribution in [-0.2, 0) is 9.84 Å². The van der Waals surface area contributed by atoms with Gasteiger partial charge in [0.05, 0.1) is 4.91 Å². The van der Waals surface area contributed by atoms with E-state index in [9.17, 15) is 8.42 Å². The number of thioether (sulfide) groups is 1. The van der Waals surface area contributed by atoms with Gasteiger partial charge in [-0.3, -0.25) is 0 Å². The molecule has 5 heteroatoms. The zero-order valence-electron chi connectivity index (χ0n) is 7.07. The Morgan fingerprint density at radius 2 is 2.25 bits per heavy atom. The molecule has 0 saturated heterocycles. The van der Waals surface area contributed by atoms with E-state index in [1.165, 1.54) is 6.20 Å². The fourth-order valence-electron chi connectivity index (χ4n) is 0.792. The minimum Gasteiger partial charge on any atom is -0.247 e. The van der Waals surface area contributed by atoms with Crippen molar-refractivity contribution in [2.45, 2.75) is 13.8 Å². The van der Waals surface area contributed by atoms with Gasteiger partial charge in [-0.25, -0.2) is 13.4 Å². The van der Waals surface area contributed by atoms with Crippen LogP contribution in [0.2, 0.25) is 0 Å². The summed E-state index contributed by atoms with van der Waals surface area (Å²) < 4.78 is 22.8. The molecule has 0 N–H and O–H groups in total. The highest BCUT2D eigenvalue weighted by Gasteiger charge is 2.25. The molecule has 1 aliphatic rings. The van der Waals surface area contributed by atoms with Crippen LogP contribution in [0.3, 0.4) is 0 Å². The lowest BCUT2D eigenvalue weighted by Gasteiger charge is -1.99. The second kappa shape index (κ2) is 3.62. The van der Waals surface area contributed by atoms with Crippen molar-refractivity contribution in [2.75, 3.05) is 11.5 Å². The number of rotatable bonds is 3. The van der Waals surface area contributed by atoms with E-state index in [-0.39, 0.29) is 0 Å². The van der Waals surface area contributed by atoms with Crippen LogP contribution in [0.4, 0.5) is 0 Å². The fourth-order valence-corrected chi connectivity index (χ4v) is 2.87. The standard InChI is InChI=1S/C7H11NO2S2/c1-3-11-5-7-8-4-6(2)12(7,9)10/h4H,3,5H2,1-2H3. The summed E-state index contributed by atoms with van der Waals surface area (Å²) in [5.74, 6) is 1.40. The molecule has 0 radical (unpaired) electrons. The molecule has 68 valence electrons. The van der Waals surface area contributed by atoms with Gasteiger partial charge in [-0.2, -0.15) is 11.8 Å². The Kier molecular flexibility index (Phi) is 2.95. The quantitative estimate of drug-likeness (QED) is 0.700. The van der Waals surface area contributed by atoms with Gasteiger partial charge in [0, 0.05) is 12.0 Å². The van der Waals surface area contributed by atoms with E-state index in [2.05, 4.69) is 4.99 Å². The number of hydrogen-bond donors (Lipinski definition) is 0. The highest BCUT2D eigenvalue weighted by molar-refractivity contribution is 8.12. The van der Waals surface area contributed by atoms with Gasteiger partial charge in [0.25, 0.3) is 0 Å². The van der Waals surface area contributed by atoms with E-state index in [1.54, 1.807) is 18.7 Å². The maximum atomic E-state index is 11.4. The smallest absolute Gasteiger partial charge is 0.218 e. The third kappa shape index (κ3) is 1.72. The lowest BCUT2D eigenvalue weighted by molar-refractivity contribution is 0.613. The van der Waals surface area contributed by atoms with E-state index < -0.39 is 9.84 Å². The number of sulfone groups is 1. The monoisotopic (exact) mass is 205 g/mol. The average Bonchev–Trinajstić information content (AvgIpc) is 2.25. The lowest BCUT2D eigenvalue weighted by Crippen LogP contribution is -2.14. The Hall–Kier alpha value is -0.290. The molecule has 1 rings (SSSR count). The van der Waals surface area contributed by atoms with Crippen molar-refractivity contribution in [3.05, 3.63) is 11.1 Å². The molecule has 1 heterocycles. The van der Waals surface area contributed by atoms with Gasteiger partial charge < -0.3 is 0 Å². The first-order valence-corrected chi connectivity index (χ1v) is 6.29. The van der Waals surface area contributed by atoms with Crippen LogP contribution in [0.1, 0.15) is 13.8 Å². The predicted octanol–water partition coefficient (Wildman–Crippen LogP) is 1.43. The van der Waals surface area contributed by atoms with E-state index in [1.807, 2.05) is 6.92 Å². The Balaban J connectivity index is 2.74. The van der Waals surface area contributed by atoms with Gasteiger partial charge in [0.1, 0.15) is 5.04 Å². The highest BCUT2D eigenvalue weighted by atomic mass is 32.2. The number of nitrogens with zero attached hydrogens (tertiary/aromatic N) is 1. The summed E-state index contributed by atoms with van der Waals surface area (Å²) in [5.41, 5.74) is 0. The number of aliphatic imine (C=N–C) groups is 1. The lowest BCUT2D eigenvalue weighted by atomic mass is 10.7. The molecule has 0 aromatic rings. The first kappa shape index (κ1) is 9.80. The summed E-state index contributed by atoms with van der Waals surface area (Å²) in [6.07, 6.45) is 1.42. The van der Waals surface area contributed by atoms with Crippen LogP contribution in [0, 0.1) is 0 Å². The first-order chi connectivity index (χ1) is 5.59. The van der Waals surface area contributed by atoms with Crippen LogP contribution in [0.5, 0.6) is 0 Å². The summed E-state index contributed by atoms with van der Waals surface area (Å²) in [7, 11) is -3.15. The van der Waals surface area contributed by atoms with Gasteiger partial charge >= 0.3 is 0 Å². The molecular formula is C7H11NO2S2. The molecule has 3 nitrogen and oxygen atoms in total. The zero-order valence-corrected chi connectivity index (χ0v) is 8.70. The molecule has 0 amide bonds. The SMILES string of the molecule is CCSCC1=NC=C(C)S1(=O)=O. The molecule has 0 aromatic heterocycles. The van der Waals surface area contributed by atoms with Crippen LogP contribution in [-0.4, -0.2) is 25.0 Å². The van der Waals surface area contributed by atoms with Crippen LogP contribution in [0.25, 0.3) is 0 Å². The average molecular weight is 205 g/mol. The van der Waals surface area contributed by atoms with Crippen LogP contribution < -0.4 is 0 Å². The molecular weight excluding hydrogens is 194 g/mol. The third-order valence-electron chi connectivity index (χ3n) is 1.55. The number of hydrogen-bond acceptors (Lipinski definition) is 4. The van der Waals surface area contributed by atoms with Crippen molar-refractivity contribution in [3.63, 3.8) is 0 Å².